The van der Waals surface area contributed by atoms with Gasteiger partial charge in [0.15, 0.2) is 6.61 Å². The highest BCUT2D eigenvalue weighted by Gasteiger charge is 2.06. The van der Waals surface area contributed by atoms with Crippen molar-refractivity contribution < 1.29 is 14.3 Å². The Labute approximate surface area is 159 Å². The Bertz CT molecular complexity index is 964. The van der Waals surface area contributed by atoms with Gasteiger partial charge in [0.25, 0.3) is 5.91 Å². The summed E-state index contributed by atoms with van der Waals surface area (Å²) in [6, 6.07) is 21.0. The van der Waals surface area contributed by atoms with E-state index < -0.39 is 5.97 Å². The molecule has 4 nitrogen and oxygen atoms in total. The number of amides is 1. The molecule has 3 aromatic carbocycles. The third-order valence-electron chi connectivity index (χ3n) is 3.66. The molecule has 0 unspecified atom stereocenters. The summed E-state index contributed by atoms with van der Waals surface area (Å²) >= 11 is 3.35. The van der Waals surface area contributed by atoms with Gasteiger partial charge in [0.1, 0.15) is 0 Å². The summed E-state index contributed by atoms with van der Waals surface area (Å²) in [4.78, 5) is 23.7. The van der Waals surface area contributed by atoms with Crippen molar-refractivity contribution in [3.63, 3.8) is 0 Å². The SMILES string of the molecule is O=C(COC(=O)/C=C/c1ccc(Br)cc1)Nc1ccc2ccccc2c1. The minimum absolute atomic E-state index is 0.337. The van der Waals surface area contributed by atoms with Crippen LogP contribution in [0.3, 0.4) is 0 Å². The molecule has 0 aliphatic rings. The first-order valence-electron chi connectivity index (χ1n) is 7.99. The Balaban J connectivity index is 1.51. The molecule has 26 heavy (non-hydrogen) atoms. The van der Waals surface area contributed by atoms with Crippen molar-refractivity contribution in [2.45, 2.75) is 0 Å². The quantitative estimate of drug-likeness (QED) is 0.486. The maximum atomic E-state index is 11.9. The van der Waals surface area contributed by atoms with Gasteiger partial charge in [0.05, 0.1) is 0 Å². The van der Waals surface area contributed by atoms with Gasteiger partial charge in [-0.2, -0.15) is 0 Å². The second-order valence-electron chi connectivity index (χ2n) is 5.60. The standard InChI is InChI=1S/C21H16BrNO3/c22-18-9-5-15(6-10-18)7-12-21(25)26-14-20(24)23-19-11-8-16-3-1-2-4-17(16)13-19/h1-13H,14H2,(H,23,24)/b12-7+. The number of fused-ring (bicyclic) bond motifs is 1. The smallest absolute Gasteiger partial charge is 0.331 e. The van der Waals surface area contributed by atoms with Crippen LogP contribution in [0, 0.1) is 0 Å². The number of carbonyl (C=O) groups excluding carboxylic acids is 2. The highest BCUT2D eigenvalue weighted by molar-refractivity contribution is 9.10. The van der Waals surface area contributed by atoms with Gasteiger partial charge in [-0.1, -0.05) is 58.4 Å². The lowest BCUT2D eigenvalue weighted by molar-refractivity contribution is -0.142. The molecule has 0 saturated heterocycles. The molecule has 1 amide bonds. The fourth-order valence-electron chi connectivity index (χ4n) is 2.39. The monoisotopic (exact) mass is 409 g/mol. The number of benzene rings is 3. The van der Waals surface area contributed by atoms with Gasteiger partial charge in [0, 0.05) is 16.2 Å². The first-order chi connectivity index (χ1) is 12.6. The number of esters is 1. The van der Waals surface area contributed by atoms with Gasteiger partial charge in [-0.05, 0) is 46.7 Å². The van der Waals surface area contributed by atoms with Crippen molar-refractivity contribution in [3.05, 3.63) is 82.8 Å². The number of halogens is 1. The van der Waals surface area contributed by atoms with E-state index >= 15 is 0 Å². The van der Waals surface area contributed by atoms with Crippen LogP contribution in [0.2, 0.25) is 0 Å². The average Bonchev–Trinajstić information content (AvgIpc) is 2.66. The van der Waals surface area contributed by atoms with Crippen LogP contribution < -0.4 is 5.32 Å². The predicted molar refractivity (Wildman–Crippen MR) is 107 cm³/mol. The van der Waals surface area contributed by atoms with Crippen molar-refractivity contribution in [2.75, 3.05) is 11.9 Å². The fourth-order valence-corrected chi connectivity index (χ4v) is 2.65. The van der Waals surface area contributed by atoms with Crippen LogP contribution >= 0.6 is 15.9 Å². The van der Waals surface area contributed by atoms with E-state index in [4.69, 9.17) is 4.74 Å². The molecule has 0 fully saturated rings. The third-order valence-corrected chi connectivity index (χ3v) is 4.19. The number of hydrogen-bond acceptors (Lipinski definition) is 3. The first kappa shape index (κ1) is 17.9. The summed E-state index contributed by atoms with van der Waals surface area (Å²) < 4.78 is 5.92. The van der Waals surface area contributed by atoms with Gasteiger partial charge >= 0.3 is 5.97 Å². The molecule has 0 radical (unpaired) electrons. The molecule has 0 bridgehead atoms. The average molecular weight is 410 g/mol. The molecule has 0 aliphatic heterocycles. The minimum atomic E-state index is -0.568. The number of hydrogen-bond donors (Lipinski definition) is 1. The third kappa shape index (κ3) is 5.04. The molecule has 130 valence electrons. The molecule has 0 spiro atoms. The van der Waals surface area contributed by atoms with Gasteiger partial charge in [0.2, 0.25) is 0 Å². The molecule has 3 aromatic rings. The lowest BCUT2D eigenvalue weighted by Crippen LogP contribution is -2.20. The Morgan fingerprint density at radius 3 is 2.46 bits per heavy atom. The number of rotatable bonds is 5. The maximum absolute atomic E-state index is 11.9. The van der Waals surface area contributed by atoms with Gasteiger partial charge < -0.3 is 10.1 Å². The minimum Gasteiger partial charge on any atom is -0.452 e. The lowest BCUT2D eigenvalue weighted by atomic mass is 10.1. The highest BCUT2D eigenvalue weighted by atomic mass is 79.9. The number of anilines is 1. The molecule has 0 aromatic heterocycles. The topological polar surface area (TPSA) is 55.4 Å². The van der Waals surface area contributed by atoms with Crippen molar-refractivity contribution >= 4 is 50.3 Å². The summed E-state index contributed by atoms with van der Waals surface area (Å²) in [6.07, 6.45) is 2.93. The van der Waals surface area contributed by atoms with Gasteiger partial charge in [-0.15, -0.1) is 0 Å². The zero-order chi connectivity index (χ0) is 18.4. The van der Waals surface area contributed by atoms with Crippen LogP contribution in [0.15, 0.2) is 77.3 Å². The van der Waals surface area contributed by atoms with E-state index in [-0.39, 0.29) is 12.5 Å². The number of ether oxygens (including phenoxy) is 1. The van der Waals surface area contributed by atoms with Crippen LogP contribution in [0.1, 0.15) is 5.56 Å². The van der Waals surface area contributed by atoms with Gasteiger partial charge in [-0.25, -0.2) is 4.79 Å². The lowest BCUT2D eigenvalue weighted by Gasteiger charge is -2.06. The van der Waals surface area contributed by atoms with Crippen LogP contribution in [-0.4, -0.2) is 18.5 Å². The molecule has 0 heterocycles. The molecular formula is C21H16BrNO3. The van der Waals surface area contributed by atoms with E-state index in [1.807, 2.05) is 66.7 Å². The largest absolute Gasteiger partial charge is 0.452 e. The summed E-state index contributed by atoms with van der Waals surface area (Å²) in [5.74, 6) is -0.952. The van der Waals surface area contributed by atoms with Crippen molar-refractivity contribution in [1.29, 1.82) is 0 Å². The summed E-state index contributed by atoms with van der Waals surface area (Å²) in [6.45, 7) is -0.337. The molecule has 0 saturated carbocycles. The molecule has 3 rings (SSSR count). The Hall–Kier alpha value is -2.92. The summed E-state index contributed by atoms with van der Waals surface area (Å²) in [7, 11) is 0. The Morgan fingerprint density at radius 2 is 1.69 bits per heavy atom. The van der Waals surface area contributed by atoms with Crippen LogP contribution in [0.4, 0.5) is 5.69 Å². The van der Waals surface area contributed by atoms with Crippen molar-refractivity contribution in [2.24, 2.45) is 0 Å². The zero-order valence-corrected chi connectivity index (χ0v) is 15.4. The van der Waals surface area contributed by atoms with E-state index in [2.05, 4.69) is 21.2 Å². The molecule has 0 aliphatic carbocycles. The predicted octanol–water partition coefficient (Wildman–Crippen LogP) is 4.80. The van der Waals surface area contributed by atoms with Crippen LogP contribution in [0.25, 0.3) is 16.8 Å². The van der Waals surface area contributed by atoms with E-state index in [0.29, 0.717) is 5.69 Å². The fraction of sp³-hybridized carbons (Fsp3) is 0.0476. The normalized spacial score (nSPS) is 10.8. The molecule has 1 N–H and O–H groups in total. The van der Waals surface area contributed by atoms with Crippen molar-refractivity contribution in [3.8, 4) is 0 Å². The highest BCUT2D eigenvalue weighted by Crippen LogP contribution is 2.18. The number of carbonyl (C=O) groups is 2. The van der Waals surface area contributed by atoms with E-state index in [9.17, 15) is 9.59 Å². The van der Waals surface area contributed by atoms with Gasteiger partial charge in [-0.3, -0.25) is 4.79 Å². The van der Waals surface area contributed by atoms with Crippen LogP contribution in [-0.2, 0) is 14.3 Å². The number of nitrogens with one attached hydrogen (secondary N) is 1. The maximum Gasteiger partial charge on any atom is 0.331 e. The second kappa shape index (κ2) is 8.45. The molecular weight excluding hydrogens is 394 g/mol. The van der Waals surface area contributed by atoms with E-state index in [1.165, 1.54) is 6.08 Å². The summed E-state index contributed by atoms with van der Waals surface area (Å²) in [5, 5.41) is 4.84. The zero-order valence-electron chi connectivity index (χ0n) is 13.8. The summed E-state index contributed by atoms with van der Waals surface area (Å²) in [5.41, 5.74) is 1.53. The molecule has 5 heteroatoms. The van der Waals surface area contributed by atoms with E-state index in [0.717, 1.165) is 20.8 Å². The van der Waals surface area contributed by atoms with Crippen LogP contribution in [0.5, 0.6) is 0 Å². The Kier molecular flexibility index (Phi) is 5.81. The Morgan fingerprint density at radius 1 is 0.962 bits per heavy atom. The molecule has 0 atom stereocenters. The second-order valence-corrected chi connectivity index (χ2v) is 6.52. The van der Waals surface area contributed by atoms with E-state index in [1.54, 1.807) is 6.08 Å². The first-order valence-corrected chi connectivity index (χ1v) is 8.78. The van der Waals surface area contributed by atoms with Crippen molar-refractivity contribution in [1.82, 2.24) is 0 Å².